The van der Waals surface area contributed by atoms with E-state index in [0.717, 1.165) is 0 Å². The molecule has 0 N–H and O–H groups in total. The van der Waals surface area contributed by atoms with Gasteiger partial charge < -0.3 is 9.64 Å². The summed E-state index contributed by atoms with van der Waals surface area (Å²) in [4.78, 5) is 37.4. The molecule has 2 atom stereocenters. The van der Waals surface area contributed by atoms with E-state index < -0.39 is 17.1 Å². The molecule has 1 aliphatic rings. The maximum atomic E-state index is 12.3. The van der Waals surface area contributed by atoms with E-state index in [1.54, 1.807) is 14.1 Å². The summed E-state index contributed by atoms with van der Waals surface area (Å²) in [6, 6.07) is 5.17. The van der Waals surface area contributed by atoms with Gasteiger partial charge in [0.05, 0.1) is 4.92 Å². The van der Waals surface area contributed by atoms with Crippen LogP contribution < -0.4 is 0 Å². The summed E-state index contributed by atoms with van der Waals surface area (Å²) in [5.41, 5.74) is 0.602. The number of nitro groups is 1. The number of thiol groups is 1. The van der Waals surface area contributed by atoms with Gasteiger partial charge in [-0.15, -0.1) is 0 Å². The van der Waals surface area contributed by atoms with Crippen LogP contribution >= 0.6 is 12.6 Å². The lowest BCUT2D eigenvalue weighted by Crippen LogP contribution is -2.45. The molecule has 1 saturated heterocycles. The summed E-state index contributed by atoms with van der Waals surface area (Å²) >= 11 is 4.35. The largest absolute Gasteiger partial charge is 0.445 e. The summed E-state index contributed by atoms with van der Waals surface area (Å²) in [6.07, 6.45) is -0.114. The SMILES string of the molecule is CN(C)C(=O)C1C[C@H](S)CN1C(=O)OCc1ccc([N+](=O)[O-])cc1. The molecule has 8 nitrogen and oxygen atoms in total. The van der Waals surface area contributed by atoms with Gasteiger partial charge in [-0.05, 0) is 24.1 Å². The Balaban J connectivity index is 1.98. The standard InChI is InChI=1S/C15H19N3O5S/c1-16(2)14(19)13-7-12(24)8-17(13)15(20)23-9-10-3-5-11(6-4-10)18(21)22/h3-6,12-13,24H,7-9H2,1-2H3/t12-,13?/m0/s1. The summed E-state index contributed by atoms with van der Waals surface area (Å²) in [5, 5.41) is 10.5. The number of non-ortho nitro benzene ring substituents is 1. The van der Waals surface area contributed by atoms with Crippen LogP contribution in [0, 0.1) is 10.1 Å². The van der Waals surface area contributed by atoms with Crippen molar-refractivity contribution < 1.29 is 19.2 Å². The third kappa shape index (κ3) is 4.16. The van der Waals surface area contributed by atoms with Gasteiger partial charge in [-0.1, -0.05) is 0 Å². The molecule has 1 heterocycles. The molecule has 1 aliphatic heterocycles. The van der Waals surface area contributed by atoms with Crippen molar-refractivity contribution in [1.82, 2.24) is 9.80 Å². The van der Waals surface area contributed by atoms with E-state index in [-0.39, 0.29) is 23.5 Å². The molecular formula is C15H19N3O5S. The van der Waals surface area contributed by atoms with Crippen LogP contribution in [-0.4, -0.2) is 58.7 Å². The average molecular weight is 353 g/mol. The Morgan fingerprint density at radius 2 is 2.00 bits per heavy atom. The number of benzene rings is 1. The highest BCUT2D eigenvalue weighted by Crippen LogP contribution is 2.24. The van der Waals surface area contributed by atoms with Gasteiger partial charge in [0, 0.05) is 38.0 Å². The molecule has 1 unspecified atom stereocenters. The molecule has 0 aromatic heterocycles. The number of amides is 2. The van der Waals surface area contributed by atoms with Gasteiger partial charge in [0.25, 0.3) is 5.69 Å². The van der Waals surface area contributed by atoms with Gasteiger partial charge in [-0.25, -0.2) is 4.79 Å². The predicted octanol–water partition coefficient (Wildman–Crippen LogP) is 1.69. The first kappa shape index (κ1) is 18.1. The second-order valence-electron chi connectivity index (χ2n) is 5.77. The third-order valence-electron chi connectivity index (χ3n) is 3.75. The predicted molar refractivity (Wildman–Crippen MR) is 89.9 cm³/mol. The van der Waals surface area contributed by atoms with Gasteiger partial charge in [0.15, 0.2) is 0 Å². The molecule has 2 amide bonds. The van der Waals surface area contributed by atoms with Crippen LogP contribution in [0.5, 0.6) is 0 Å². The van der Waals surface area contributed by atoms with Crippen molar-refractivity contribution in [2.24, 2.45) is 0 Å². The van der Waals surface area contributed by atoms with Crippen LogP contribution in [0.4, 0.5) is 10.5 Å². The van der Waals surface area contributed by atoms with Crippen LogP contribution in [0.1, 0.15) is 12.0 Å². The van der Waals surface area contributed by atoms with E-state index in [0.29, 0.717) is 18.5 Å². The molecule has 0 saturated carbocycles. The molecule has 0 spiro atoms. The number of likely N-dealkylation sites (N-methyl/N-ethyl adjacent to an activating group) is 1. The van der Waals surface area contributed by atoms with Crippen LogP contribution in [0.2, 0.25) is 0 Å². The second-order valence-corrected chi connectivity index (χ2v) is 6.50. The monoisotopic (exact) mass is 353 g/mol. The summed E-state index contributed by atoms with van der Waals surface area (Å²) in [7, 11) is 3.27. The van der Waals surface area contributed by atoms with E-state index in [1.807, 2.05) is 0 Å². The van der Waals surface area contributed by atoms with Gasteiger partial charge in [0.1, 0.15) is 12.6 Å². The number of nitrogens with zero attached hydrogens (tertiary/aromatic N) is 3. The zero-order valence-corrected chi connectivity index (χ0v) is 14.3. The topological polar surface area (TPSA) is 93.0 Å². The number of carbonyl (C=O) groups excluding carboxylic acids is 2. The summed E-state index contributed by atoms with van der Waals surface area (Å²) < 4.78 is 5.23. The van der Waals surface area contributed by atoms with Crippen molar-refractivity contribution in [3.05, 3.63) is 39.9 Å². The number of nitro benzene ring substituents is 1. The van der Waals surface area contributed by atoms with Crippen molar-refractivity contribution in [2.45, 2.75) is 24.3 Å². The van der Waals surface area contributed by atoms with E-state index in [1.165, 1.54) is 34.1 Å². The normalized spacial score (nSPS) is 19.9. The van der Waals surface area contributed by atoms with E-state index in [9.17, 15) is 19.7 Å². The minimum absolute atomic E-state index is 0.0204. The molecule has 1 aromatic carbocycles. The van der Waals surface area contributed by atoms with Crippen LogP contribution in [0.15, 0.2) is 24.3 Å². The van der Waals surface area contributed by atoms with Crippen molar-refractivity contribution >= 4 is 30.3 Å². The zero-order chi connectivity index (χ0) is 17.9. The molecular weight excluding hydrogens is 334 g/mol. The molecule has 2 rings (SSSR count). The van der Waals surface area contributed by atoms with E-state index in [2.05, 4.69) is 12.6 Å². The number of ether oxygens (including phenoxy) is 1. The lowest BCUT2D eigenvalue weighted by molar-refractivity contribution is -0.384. The fourth-order valence-electron chi connectivity index (χ4n) is 2.49. The van der Waals surface area contributed by atoms with Gasteiger partial charge in [-0.2, -0.15) is 12.6 Å². The smallest absolute Gasteiger partial charge is 0.410 e. The number of carbonyl (C=O) groups is 2. The molecule has 0 bridgehead atoms. The van der Waals surface area contributed by atoms with Crippen molar-refractivity contribution in [1.29, 1.82) is 0 Å². The Morgan fingerprint density at radius 1 is 1.38 bits per heavy atom. The quantitative estimate of drug-likeness (QED) is 0.505. The highest BCUT2D eigenvalue weighted by molar-refractivity contribution is 7.81. The number of hydrogen-bond acceptors (Lipinski definition) is 6. The molecule has 24 heavy (non-hydrogen) atoms. The summed E-state index contributed by atoms with van der Waals surface area (Å²) in [6.45, 7) is 0.319. The highest BCUT2D eigenvalue weighted by atomic mass is 32.1. The molecule has 0 aliphatic carbocycles. The Morgan fingerprint density at radius 3 is 2.54 bits per heavy atom. The molecule has 1 aromatic rings. The molecule has 1 fully saturated rings. The first-order valence-corrected chi connectivity index (χ1v) is 7.87. The molecule has 9 heteroatoms. The Labute approximate surface area is 144 Å². The van der Waals surface area contributed by atoms with E-state index >= 15 is 0 Å². The molecule has 130 valence electrons. The molecule has 0 radical (unpaired) electrons. The van der Waals surface area contributed by atoms with E-state index in [4.69, 9.17) is 4.74 Å². The van der Waals surface area contributed by atoms with Crippen molar-refractivity contribution in [3.8, 4) is 0 Å². The fourth-order valence-corrected chi connectivity index (χ4v) is 2.87. The van der Waals surface area contributed by atoms with Gasteiger partial charge in [0.2, 0.25) is 5.91 Å². The lowest BCUT2D eigenvalue weighted by Gasteiger charge is -2.25. The Bertz CT molecular complexity index is 635. The third-order valence-corrected chi connectivity index (χ3v) is 4.12. The first-order valence-electron chi connectivity index (χ1n) is 7.35. The number of likely N-dealkylation sites (tertiary alicyclic amines) is 1. The lowest BCUT2D eigenvalue weighted by atomic mass is 10.2. The van der Waals surface area contributed by atoms with Crippen molar-refractivity contribution in [3.63, 3.8) is 0 Å². The first-order chi connectivity index (χ1) is 11.3. The van der Waals surface area contributed by atoms with Crippen molar-refractivity contribution in [2.75, 3.05) is 20.6 Å². The minimum atomic E-state index is -0.592. The highest BCUT2D eigenvalue weighted by Gasteiger charge is 2.39. The summed E-state index contributed by atoms with van der Waals surface area (Å²) in [5.74, 6) is -0.168. The van der Waals surface area contributed by atoms with Crippen LogP contribution in [0.25, 0.3) is 0 Å². The maximum Gasteiger partial charge on any atom is 0.410 e. The zero-order valence-electron chi connectivity index (χ0n) is 13.4. The minimum Gasteiger partial charge on any atom is -0.445 e. The second kappa shape index (κ2) is 7.52. The number of hydrogen-bond donors (Lipinski definition) is 1. The van der Waals surface area contributed by atoms with Gasteiger partial charge >= 0.3 is 6.09 Å². The van der Waals surface area contributed by atoms with Gasteiger partial charge in [-0.3, -0.25) is 19.8 Å². The van der Waals surface area contributed by atoms with Crippen LogP contribution in [-0.2, 0) is 16.1 Å². The van der Waals surface area contributed by atoms with Crippen LogP contribution in [0.3, 0.4) is 0 Å². The average Bonchev–Trinajstić information content (AvgIpc) is 2.94. The maximum absolute atomic E-state index is 12.3. The Hall–Kier alpha value is -2.29. The fraction of sp³-hybridized carbons (Fsp3) is 0.467. The number of rotatable bonds is 4. The Kier molecular flexibility index (Phi) is 5.66.